The van der Waals surface area contributed by atoms with E-state index in [1.54, 1.807) is 0 Å². The molecule has 1 aliphatic carbocycles. The summed E-state index contributed by atoms with van der Waals surface area (Å²) in [5.74, 6) is 0.384. The molecule has 1 saturated heterocycles. The van der Waals surface area contributed by atoms with Gasteiger partial charge in [-0.1, -0.05) is 0 Å². The minimum absolute atomic E-state index is 0.0651. The van der Waals surface area contributed by atoms with Crippen molar-refractivity contribution in [1.82, 2.24) is 4.72 Å². The second-order valence-corrected chi connectivity index (χ2v) is 13.8. The summed E-state index contributed by atoms with van der Waals surface area (Å²) in [6.07, 6.45) is 8.25. The third-order valence-corrected chi connectivity index (χ3v) is 10.9. The Labute approximate surface area is 225 Å². The van der Waals surface area contributed by atoms with Gasteiger partial charge in [0.15, 0.2) is 0 Å². The van der Waals surface area contributed by atoms with Gasteiger partial charge in [-0.2, -0.15) is 0 Å². The molecule has 3 atom stereocenters. The van der Waals surface area contributed by atoms with E-state index in [-0.39, 0.29) is 26.1 Å². The molecule has 8 nitrogen and oxygen atoms in total. The molecular formula is C27H36N2O6SSe. The molecule has 0 unspecified atom stereocenters. The van der Waals surface area contributed by atoms with Crippen LogP contribution in [-0.2, 0) is 19.5 Å². The van der Waals surface area contributed by atoms with Crippen molar-refractivity contribution >= 4 is 35.1 Å². The van der Waals surface area contributed by atoms with Crippen LogP contribution in [0.1, 0.15) is 57.8 Å². The fraction of sp³-hybridized carbons (Fsp3) is 0.556. The molecule has 1 heterocycles. The van der Waals surface area contributed by atoms with E-state index in [9.17, 15) is 18.5 Å². The number of ether oxygens (including phenoxy) is 2. The summed E-state index contributed by atoms with van der Waals surface area (Å²) >= 11 is 0.0651. The van der Waals surface area contributed by atoms with Gasteiger partial charge in [0.05, 0.1) is 0 Å². The zero-order valence-corrected chi connectivity index (χ0v) is 23.5. The normalized spacial score (nSPS) is 20.8. The monoisotopic (exact) mass is 596 g/mol. The van der Waals surface area contributed by atoms with Crippen LogP contribution in [-0.4, -0.2) is 53.3 Å². The van der Waals surface area contributed by atoms with Crippen LogP contribution in [0.2, 0.25) is 5.32 Å². The first-order valence-electron chi connectivity index (χ1n) is 13.1. The van der Waals surface area contributed by atoms with Crippen molar-refractivity contribution in [2.24, 2.45) is 5.92 Å². The number of para-hydroxylation sites is 1. The van der Waals surface area contributed by atoms with Crippen LogP contribution in [0.3, 0.4) is 0 Å². The molecule has 2 aliphatic rings. The quantitative estimate of drug-likeness (QED) is 0.219. The standard InChI is InChI=1S/C27H36N2O6SSe/c30-29(31)24-15-7-8-16-26(24)36(32,33)28-23(19-21-11-3-1-4-12-21)25(35-27-17-9-10-18-34-27)20-37-22-13-5-2-6-14-22/h2,5-8,13-16,21,23,25,27-28H,1,3-4,9-12,17-20H2/t23-,25-,27+/m0/s1. The van der Waals surface area contributed by atoms with E-state index >= 15 is 0 Å². The van der Waals surface area contributed by atoms with Crippen LogP contribution in [0, 0.1) is 16.0 Å². The maximum atomic E-state index is 13.6. The molecule has 1 N–H and O–H groups in total. The molecule has 1 aliphatic heterocycles. The van der Waals surface area contributed by atoms with Gasteiger partial charge < -0.3 is 0 Å². The zero-order chi connectivity index (χ0) is 26.1. The minimum atomic E-state index is -4.16. The molecule has 0 radical (unpaired) electrons. The summed E-state index contributed by atoms with van der Waals surface area (Å²) in [5.41, 5.74) is -0.423. The fourth-order valence-electron chi connectivity index (χ4n) is 5.11. The van der Waals surface area contributed by atoms with Gasteiger partial charge in [0.1, 0.15) is 0 Å². The second-order valence-electron chi connectivity index (χ2n) is 9.79. The van der Waals surface area contributed by atoms with E-state index < -0.39 is 32.8 Å². The summed E-state index contributed by atoms with van der Waals surface area (Å²) in [7, 11) is -4.16. The number of hydrogen-bond acceptors (Lipinski definition) is 6. The molecule has 0 bridgehead atoms. The van der Waals surface area contributed by atoms with Crippen LogP contribution in [0.15, 0.2) is 59.5 Å². The first-order valence-corrected chi connectivity index (χ1v) is 16.7. The van der Waals surface area contributed by atoms with Gasteiger partial charge in [0.25, 0.3) is 0 Å². The average Bonchev–Trinajstić information content (AvgIpc) is 2.92. The van der Waals surface area contributed by atoms with E-state index in [2.05, 4.69) is 16.9 Å². The predicted molar refractivity (Wildman–Crippen MR) is 143 cm³/mol. The Kier molecular flexibility index (Phi) is 10.5. The van der Waals surface area contributed by atoms with Gasteiger partial charge in [-0.15, -0.1) is 0 Å². The summed E-state index contributed by atoms with van der Waals surface area (Å²) in [6, 6.07) is 15.2. The Morgan fingerprint density at radius 1 is 1.00 bits per heavy atom. The van der Waals surface area contributed by atoms with Crippen molar-refractivity contribution < 1.29 is 22.8 Å². The molecule has 2 aromatic carbocycles. The Morgan fingerprint density at radius 2 is 1.70 bits per heavy atom. The van der Waals surface area contributed by atoms with Crippen LogP contribution < -0.4 is 9.18 Å². The van der Waals surface area contributed by atoms with Crippen LogP contribution in [0.25, 0.3) is 0 Å². The Balaban J connectivity index is 1.62. The Hall–Kier alpha value is -1.81. The fourth-order valence-corrected chi connectivity index (χ4v) is 8.70. The first-order chi connectivity index (χ1) is 17.9. The number of hydrogen-bond donors (Lipinski definition) is 1. The predicted octanol–water partition coefficient (Wildman–Crippen LogP) is 4.57. The SMILES string of the molecule is O=[N+]([O-])c1ccccc1S(=O)(=O)N[C@@H](CC1CCCCC1)[C@H](C[Se]c1ccccc1)O[C@@H]1CCCCO1. The average molecular weight is 596 g/mol. The van der Waals surface area contributed by atoms with Gasteiger partial charge in [-0.25, -0.2) is 0 Å². The number of nitro benzene ring substituents is 1. The number of nitrogens with zero attached hydrogens (tertiary/aromatic N) is 1. The van der Waals surface area contributed by atoms with Gasteiger partial charge in [-0.3, -0.25) is 0 Å². The van der Waals surface area contributed by atoms with Crippen molar-refractivity contribution in [1.29, 1.82) is 0 Å². The summed E-state index contributed by atoms with van der Waals surface area (Å²) in [4.78, 5) is 10.6. The summed E-state index contributed by atoms with van der Waals surface area (Å²) < 4.78 is 43.6. The van der Waals surface area contributed by atoms with Crippen LogP contribution in [0.5, 0.6) is 0 Å². The van der Waals surface area contributed by atoms with Gasteiger partial charge in [0.2, 0.25) is 0 Å². The Morgan fingerprint density at radius 3 is 2.41 bits per heavy atom. The maximum absolute atomic E-state index is 13.6. The Bertz CT molecular complexity index is 1100. The molecular weight excluding hydrogens is 559 g/mol. The molecule has 10 heteroatoms. The van der Waals surface area contributed by atoms with Crippen LogP contribution >= 0.6 is 0 Å². The molecule has 0 amide bonds. The number of nitro groups is 1. The third-order valence-electron chi connectivity index (χ3n) is 7.04. The molecule has 2 aromatic rings. The molecule has 37 heavy (non-hydrogen) atoms. The van der Waals surface area contributed by atoms with Crippen molar-refractivity contribution in [2.75, 3.05) is 6.61 Å². The molecule has 1 saturated carbocycles. The van der Waals surface area contributed by atoms with E-state index in [0.717, 1.165) is 44.9 Å². The van der Waals surface area contributed by atoms with Crippen molar-refractivity contribution in [3.63, 3.8) is 0 Å². The van der Waals surface area contributed by atoms with Crippen molar-refractivity contribution in [3.05, 3.63) is 64.7 Å². The number of benzene rings is 2. The van der Waals surface area contributed by atoms with Gasteiger partial charge in [0, 0.05) is 0 Å². The third kappa shape index (κ3) is 8.34. The van der Waals surface area contributed by atoms with Crippen molar-refractivity contribution in [3.8, 4) is 0 Å². The van der Waals surface area contributed by atoms with E-state index in [0.29, 0.717) is 24.3 Å². The first kappa shape index (κ1) is 28.2. The van der Waals surface area contributed by atoms with E-state index in [4.69, 9.17) is 9.47 Å². The van der Waals surface area contributed by atoms with Crippen molar-refractivity contribution in [2.45, 2.75) is 86.4 Å². The van der Waals surface area contributed by atoms with E-state index in [1.165, 1.54) is 35.1 Å². The second kappa shape index (κ2) is 13.8. The van der Waals surface area contributed by atoms with Crippen LogP contribution in [0.4, 0.5) is 5.69 Å². The summed E-state index contributed by atoms with van der Waals surface area (Å²) in [5, 5.41) is 12.3. The zero-order valence-electron chi connectivity index (χ0n) is 21.0. The number of rotatable bonds is 12. The van der Waals surface area contributed by atoms with E-state index in [1.807, 2.05) is 18.2 Å². The molecule has 0 spiro atoms. The molecule has 0 aromatic heterocycles. The summed E-state index contributed by atoms with van der Waals surface area (Å²) in [6.45, 7) is 0.635. The topological polar surface area (TPSA) is 108 Å². The molecule has 4 rings (SSSR count). The number of sulfonamides is 1. The number of nitrogens with one attached hydrogen (secondary N) is 1. The van der Waals surface area contributed by atoms with Gasteiger partial charge in [-0.05, 0) is 0 Å². The van der Waals surface area contributed by atoms with Gasteiger partial charge >= 0.3 is 226 Å². The molecule has 202 valence electrons. The molecule has 2 fully saturated rings.